The van der Waals surface area contributed by atoms with Gasteiger partial charge in [-0.3, -0.25) is 9.59 Å². The van der Waals surface area contributed by atoms with Gasteiger partial charge in [-0.2, -0.15) is 5.10 Å². The lowest BCUT2D eigenvalue weighted by Gasteiger charge is -2.14. The maximum atomic E-state index is 13.3. The molecular weight excluding hydrogens is 485 g/mol. The zero-order chi connectivity index (χ0) is 26.8. The number of nitrogens with zero attached hydrogens (tertiary/aromatic N) is 1. The van der Waals surface area contributed by atoms with E-state index in [1.165, 1.54) is 70.0 Å². The molecule has 0 atom stereocenters. The van der Waals surface area contributed by atoms with Crippen LogP contribution in [0.4, 0.5) is 4.39 Å². The van der Waals surface area contributed by atoms with Crippen molar-refractivity contribution in [2.24, 2.45) is 5.10 Å². The third-order valence-corrected chi connectivity index (χ3v) is 4.89. The van der Waals surface area contributed by atoms with Crippen molar-refractivity contribution in [2.75, 3.05) is 27.9 Å². The molecule has 0 aliphatic rings. The SMILES string of the molecule is COc1cc(C(=O)NCC(=O)N/N=C\c2ccc(OC(=O)c3cccc(F)c3)cc2)cc(OC)c1OC. The fraction of sp³-hybridized carbons (Fsp3) is 0.154. The Labute approximate surface area is 212 Å². The predicted molar refractivity (Wildman–Crippen MR) is 132 cm³/mol. The Hall–Kier alpha value is -4.93. The summed E-state index contributed by atoms with van der Waals surface area (Å²) in [5.41, 5.74) is 3.21. The van der Waals surface area contributed by atoms with Crippen molar-refractivity contribution in [3.05, 3.63) is 83.2 Å². The Morgan fingerprint density at radius 1 is 0.892 bits per heavy atom. The van der Waals surface area contributed by atoms with Crippen molar-refractivity contribution in [3.8, 4) is 23.0 Å². The molecule has 0 aromatic heterocycles. The number of hydrogen-bond acceptors (Lipinski definition) is 8. The molecule has 0 radical (unpaired) electrons. The summed E-state index contributed by atoms with van der Waals surface area (Å²) in [5, 5.41) is 6.32. The molecule has 37 heavy (non-hydrogen) atoms. The monoisotopic (exact) mass is 509 g/mol. The number of carbonyl (C=O) groups is 3. The number of nitrogens with one attached hydrogen (secondary N) is 2. The Morgan fingerprint density at radius 2 is 1.57 bits per heavy atom. The second-order valence-corrected chi connectivity index (χ2v) is 7.36. The highest BCUT2D eigenvalue weighted by Gasteiger charge is 2.17. The number of amides is 2. The maximum Gasteiger partial charge on any atom is 0.343 e. The normalized spacial score (nSPS) is 10.5. The number of halogens is 1. The second kappa shape index (κ2) is 12.7. The molecule has 2 amide bonds. The van der Waals surface area contributed by atoms with Crippen molar-refractivity contribution in [1.29, 1.82) is 0 Å². The van der Waals surface area contributed by atoms with E-state index in [1.807, 2.05) is 0 Å². The third kappa shape index (κ3) is 7.28. The number of methoxy groups -OCH3 is 3. The van der Waals surface area contributed by atoms with Crippen LogP contribution in [0.15, 0.2) is 65.8 Å². The van der Waals surface area contributed by atoms with Crippen molar-refractivity contribution in [1.82, 2.24) is 10.7 Å². The van der Waals surface area contributed by atoms with Crippen molar-refractivity contribution in [2.45, 2.75) is 0 Å². The fourth-order valence-electron chi connectivity index (χ4n) is 3.10. The molecule has 10 nitrogen and oxygen atoms in total. The summed E-state index contributed by atoms with van der Waals surface area (Å²) < 4.78 is 34.1. The van der Waals surface area contributed by atoms with E-state index in [4.69, 9.17) is 18.9 Å². The average molecular weight is 509 g/mol. The van der Waals surface area contributed by atoms with E-state index in [0.29, 0.717) is 22.8 Å². The molecule has 0 unspecified atom stereocenters. The molecule has 0 bridgehead atoms. The highest BCUT2D eigenvalue weighted by atomic mass is 19.1. The third-order valence-electron chi connectivity index (χ3n) is 4.89. The molecule has 0 fully saturated rings. The fourth-order valence-corrected chi connectivity index (χ4v) is 3.10. The number of ether oxygens (including phenoxy) is 4. The first-order valence-corrected chi connectivity index (χ1v) is 10.8. The van der Waals surface area contributed by atoms with Gasteiger partial charge in [0.1, 0.15) is 11.6 Å². The second-order valence-electron chi connectivity index (χ2n) is 7.36. The predicted octanol–water partition coefficient (Wildman–Crippen LogP) is 2.95. The smallest absolute Gasteiger partial charge is 0.343 e. The van der Waals surface area contributed by atoms with Crippen LogP contribution < -0.4 is 29.7 Å². The van der Waals surface area contributed by atoms with Crippen molar-refractivity contribution < 1.29 is 37.7 Å². The van der Waals surface area contributed by atoms with Crippen LogP contribution >= 0.6 is 0 Å². The minimum absolute atomic E-state index is 0.0886. The number of hydrazone groups is 1. The van der Waals surface area contributed by atoms with Gasteiger partial charge < -0.3 is 24.3 Å². The lowest BCUT2D eigenvalue weighted by Crippen LogP contribution is -2.34. The molecule has 3 aromatic carbocycles. The van der Waals surface area contributed by atoms with E-state index in [9.17, 15) is 18.8 Å². The molecule has 0 aliphatic heterocycles. The Kier molecular flexibility index (Phi) is 9.14. The zero-order valence-electron chi connectivity index (χ0n) is 20.2. The van der Waals surface area contributed by atoms with E-state index < -0.39 is 23.6 Å². The molecule has 192 valence electrons. The Balaban J connectivity index is 1.50. The number of hydrogen-bond donors (Lipinski definition) is 2. The molecule has 0 aliphatic carbocycles. The first-order valence-electron chi connectivity index (χ1n) is 10.8. The van der Waals surface area contributed by atoms with Gasteiger partial charge in [0.2, 0.25) is 5.75 Å². The summed E-state index contributed by atoms with van der Waals surface area (Å²) in [4.78, 5) is 36.6. The van der Waals surface area contributed by atoms with Gasteiger partial charge in [0.05, 0.1) is 39.7 Å². The largest absolute Gasteiger partial charge is 0.493 e. The highest BCUT2D eigenvalue weighted by Crippen LogP contribution is 2.38. The highest BCUT2D eigenvalue weighted by molar-refractivity contribution is 5.97. The van der Waals surface area contributed by atoms with Crippen LogP contribution in [0.1, 0.15) is 26.3 Å². The number of rotatable bonds is 10. The topological polar surface area (TPSA) is 125 Å². The van der Waals surface area contributed by atoms with Gasteiger partial charge in [0.15, 0.2) is 11.5 Å². The minimum atomic E-state index is -0.693. The summed E-state index contributed by atoms with van der Waals surface area (Å²) in [6.45, 7) is -0.332. The first kappa shape index (κ1) is 26.7. The summed E-state index contributed by atoms with van der Waals surface area (Å²) in [5.74, 6) is -1.12. The van der Waals surface area contributed by atoms with Gasteiger partial charge in [-0.15, -0.1) is 0 Å². The minimum Gasteiger partial charge on any atom is -0.493 e. The Bertz CT molecular complexity index is 1280. The van der Waals surface area contributed by atoms with Crippen molar-refractivity contribution >= 4 is 24.0 Å². The van der Waals surface area contributed by atoms with Crippen molar-refractivity contribution in [3.63, 3.8) is 0 Å². The summed E-state index contributed by atoms with van der Waals surface area (Å²) in [6, 6.07) is 14.4. The van der Waals surface area contributed by atoms with Gasteiger partial charge in [-0.25, -0.2) is 14.6 Å². The quantitative estimate of drug-likeness (QED) is 0.186. The van der Waals surface area contributed by atoms with Crippen LogP contribution in [-0.2, 0) is 4.79 Å². The standard InChI is InChI=1S/C26H24FN3O7/c1-34-21-12-18(13-22(35-2)24(21)36-3)25(32)28-15-23(31)30-29-14-16-7-9-20(10-8-16)37-26(33)17-5-4-6-19(27)11-17/h4-14H,15H2,1-3H3,(H,28,32)(H,30,31)/b29-14-. The Morgan fingerprint density at radius 3 is 2.16 bits per heavy atom. The zero-order valence-corrected chi connectivity index (χ0v) is 20.2. The maximum absolute atomic E-state index is 13.3. The molecule has 3 aromatic rings. The number of esters is 1. The van der Waals surface area contributed by atoms with Gasteiger partial charge in [-0.05, 0) is 60.2 Å². The van der Waals surface area contributed by atoms with Crippen LogP contribution in [0, 0.1) is 5.82 Å². The molecular formula is C26H24FN3O7. The van der Waals surface area contributed by atoms with Crippen LogP contribution in [-0.4, -0.2) is 51.9 Å². The number of benzene rings is 3. The molecule has 0 heterocycles. The van der Waals surface area contributed by atoms with E-state index in [-0.39, 0.29) is 23.4 Å². The molecule has 2 N–H and O–H groups in total. The van der Waals surface area contributed by atoms with Crippen LogP contribution in [0.5, 0.6) is 23.0 Å². The van der Waals surface area contributed by atoms with Gasteiger partial charge in [0.25, 0.3) is 11.8 Å². The summed E-state index contributed by atoms with van der Waals surface area (Å²) in [6.07, 6.45) is 1.37. The number of carbonyl (C=O) groups excluding carboxylic acids is 3. The van der Waals surface area contributed by atoms with E-state index in [1.54, 1.807) is 12.1 Å². The van der Waals surface area contributed by atoms with Gasteiger partial charge in [-0.1, -0.05) is 6.07 Å². The van der Waals surface area contributed by atoms with E-state index in [0.717, 1.165) is 6.07 Å². The van der Waals surface area contributed by atoms with Gasteiger partial charge in [0, 0.05) is 5.56 Å². The van der Waals surface area contributed by atoms with E-state index >= 15 is 0 Å². The molecule has 0 spiro atoms. The van der Waals surface area contributed by atoms with Crippen LogP contribution in [0.25, 0.3) is 0 Å². The molecule has 11 heteroatoms. The molecule has 0 saturated heterocycles. The summed E-state index contributed by atoms with van der Waals surface area (Å²) in [7, 11) is 4.30. The molecule has 0 saturated carbocycles. The van der Waals surface area contributed by atoms with Crippen LogP contribution in [0.3, 0.4) is 0 Å². The first-order chi connectivity index (χ1) is 17.8. The lowest BCUT2D eigenvalue weighted by molar-refractivity contribution is -0.120. The van der Waals surface area contributed by atoms with Crippen LogP contribution in [0.2, 0.25) is 0 Å². The average Bonchev–Trinajstić information content (AvgIpc) is 2.91. The van der Waals surface area contributed by atoms with E-state index in [2.05, 4.69) is 15.8 Å². The molecule has 3 rings (SSSR count). The van der Waals surface area contributed by atoms with Gasteiger partial charge >= 0.3 is 5.97 Å². The lowest BCUT2D eigenvalue weighted by atomic mass is 10.1. The summed E-state index contributed by atoms with van der Waals surface area (Å²) >= 11 is 0.